The molecule has 0 aliphatic rings. The van der Waals surface area contributed by atoms with Crippen molar-refractivity contribution in [3.63, 3.8) is 0 Å². The minimum absolute atomic E-state index is 0.0531. The lowest BCUT2D eigenvalue weighted by Crippen LogP contribution is -2.45. The lowest BCUT2D eigenvalue weighted by Gasteiger charge is -2.27. The zero-order chi connectivity index (χ0) is 16.7. The van der Waals surface area contributed by atoms with E-state index in [0.717, 1.165) is 13.0 Å². The number of hydrogen-bond donors (Lipinski definition) is 2. The summed E-state index contributed by atoms with van der Waals surface area (Å²) in [6.45, 7) is 3.60. The Kier molecular flexibility index (Phi) is 6.78. The third-order valence-electron chi connectivity index (χ3n) is 4.17. The summed E-state index contributed by atoms with van der Waals surface area (Å²) in [4.78, 5) is 2.18. The van der Waals surface area contributed by atoms with Crippen molar-refractivity contribution < 1.29 is 5.11 Å². The molecule has 0 aromatic heterocycles. The summed E-state index contributed by atoms with van der Waals surface area (Å²) < 4.78 is 0. The van der Waals surface area contributed by atoms with E-state index in [4.69, 9.17) is 0 Å². The summed E-state index contributed by atoms with van der Waals surface area (Å²) in [5.74, 6) is 0. The quantitative estimate of drug-likeness (QED) is 0.786. The monoisotopic (exact) mass is 312 g/mol. The van der Waals surface area contributed by atoms with Crippen LogP contribution >= 0.6 is 0 Å². The molecule has 0 saturated heterocycles. The van der Waals surface area contributed by atoms with Gasteiger partial charge in [0.2, 0.25) is 0 Å². The Labute approximate surface area is 140 Å². The van der Waals surface area contributed by atoms with Gasteiger partial charge in [-0.05, 0) is 38.6 Å². The van der Waals surface area contributed by atoms with Gasteiger partial charge in [-0.15, -0.1) is 0 Å². The van der Waals surface area contributed by atoms with Gasteiger partial charge >= 0.3 is 0 Å². The van der Waals surface area contributed by atoms with E-state index in [-0.39, 0.29) is 6.04 Å². The standard InChI is InChI=1S/C20H28N2O/c1-16-8-7-11-18(12-16)14-22(3)15-20(23)19(21-2)13-17-9-5-4-6-10-17/h4-12,19-21,23H,13-15H2,1-3H3/t19-,20+/m0/s1. The molecule has 2 aromatic carbocycles. The SMILES string of the molecule is CN[C@@H](Cc1ccccc1)[C@H](O)CN(C)Cc1cccc(C)c1. The largest absolute Gasteiger partial charge is 0.390 e. The fourth-order valence-electron chi connectivity index (χ4n) is 2.93. The molecule has 2 rings (SSSR count). The summed E-state index contributed by atoms with van der Waals surface area (Å²) >= 11 is 0. The number of benzene rings is 2. The Morgan fingerprint density at radius 1 is 1.04 bits per heavy atom. The highest BCUT2D eigenvalue weighted by Gasteiger charge is 2.19. The molecule has 3 nitrogen and oxygen atoms in total. The van der Waals surface area contributed by atoms with Crippen molar-refractivity contribution in [3.05, 3.63) is 71.3 Å². The third-order valence-corrected chi connectivity index (χ3v) is 4.17. The van der Waals surface area contributed by atoms with Gasteiger partial charge in [-0.25, -0.2) is 0 Å². The Hall–Kier alpha value is -1.68. The molecule has 0 unspecified atom stereocenters. The van der Waals surface area contributed by atoms with E-state index < -0.39 is 6.10 Å². The fraction of sp³-hybridized carbons (Fsp3) is 0.400. The van der Waals surface area contributed by atoms with E-state index in [9.17, 15) is 5.11 Å². The molecule has 0 bridgehead atoms. The minimum atomic E-state index is -0.407. The van der Waals surface area contributed by atoms with Gasteiger partial charge in [-0.1, -0.05) is 60.2 Å². The zero-order valence-electron chi connectivity index (χ0n) is 14.4. The van der Waals surface area contributed by atoms with Crippen molar-refractivity contribution in [2.75, 3.05) is 20.6 Å². The number of nitrogens with zero attached hydrogens (tertiary/aromatic N) is 1. The molecule has 124 valence electrons. The van der Waals surface area contributed by atoms with Crippen LogP contribution in [0, 0.1) is 6.92 Å². The Morgan fingerprint density at radius 3 is 2.39 bits per heavy atom. The van der Waals surface area contributed by atoms with Crippen LogP contribution in [0.4, 0.5) is 0 Å². The van der Waals surface area contributed by atoms with E-state index in [1.54, 1.807) is 0 Å². The molecular formula is C20H28N2O. The van der Waals surface area contributed by atoms with E-state index in [1.165, 1.54) is 16.7 Å². The van der Waals surface area contributed by atoms with Gasteiger partial charge < -0.3 is 10.4 Å². The van der Waals surface area contributed by atoms with Gasteiger partial charge in [-0.2, -0.15) is 0 Å². The topological polar surface area (TPSA) is 35.5 Å². The first-order chi connectivity index (χ1) is 11.1. The Bertz CT molecular complexity index is 585. The van der Waals surface area contributed by atoms with Crippen LogP contribution in [0.5, 0.6) is 0 Å². The van der Waals surface area contributed by atoms with Crippen LogP contribution in [0.3, 0.4) is 0 Å². The third kappa shape index (κ3) is 5.79. The van der Waals surface area contributed by atoms with Crippen molar-refractivity contribution in [2.45, 2.75) is 32.0 Å². The number of aliphatic hydroxyl groups excluding tert-OH is 1. The van der Waals surface area contributed by atoms with Crippen LogP contribution in [0.15, 0.2) is 54.6 Å². The summed E-state index contributed by atoms with van der Waals surface area (Å²) in [6.07, 6.45) is 0.423. The minimum Gasteiger partial charge on any atom is -0.390 e. The molecule has 3 heteroatoms. The van der Waals surface area contributed by atoms with Crippen molar-refractivity contribution in [2.24, 2.45) is 0 Å². The van der Waals surface area contributed by atoms with Crippen LogP contribution in [0.2, 0.25) is 0 Å². The first kappa shape index (κ1) is 17.7. The molecule has 0 spiro atoms. The van der Waals surface area contributed by atoms with Gasteiger partial charge in [0.05, 0.1) is 6.10 Å². The first-order valence-corrected chi connectivity index (χ1v) is 8.22. The lowest BCUT2D eigenvalue weighted by molar-refractivity contribution is 0.0891. The van der Waals surface area contributed by atoms with E-state index >= 15 is 0 Å². The lowest BCUT2D eigenvalue weighted by atomic mass is 10.0. The maximum Gasteiger partial charge on any atom is 0.0822 e. The molecule has 0 heterocycles. The maximum atomic E-state index is 10.6. The molecular weight excluding hydrogens is 284 g/mol. The first-order valence-electron chi connectivity index (χ1n) is 8.22. The van der Waals surface area contributed by atoms with Gasteiger partial charge in [0, 0.05) is 19.1 Å². The molecule has 0 amide bonds. The Morgan fingerprint density at radius 2 is 1.74 bits per heavy atom. The predicted molar refractivity (Wildman–Crippen MR) is 96.5 cm³/mol. The highest BCUT2D eigenvalue weighted by Crippen LogP contribution is 2.10. The van der Waals surface area contributed by atoms with Crippen molar-refractivity contribution in [1.29, 1.82) is 0 Å². The average Bonchev–Trinajstić information content (AvgIpc) is 2.53. The van der Waals surface area contributed by atoms with Gasteiger partial charge in [-0.3, -0.25) is 4.90 Å². The van der Waals surface area contributed by atoms with E-state index in [1.807, 2.05) is 25.2 Å². The summed E-state index contributed by atoms with van der Waals surface area (Å²) in [5.41, 5.74) is 3.80. The highest BCUT2D eigenvalue weighted by atomic mass is 16.3. The second-order valence-electron chi connectivity index (χ2n) is 6.34. The molecule has 0 fully saturated rings. The number of likely N-dealkylation sites (N-methyl/N-ethyl adjacent to an activating group) is 2. The number of aryl methyl sites for hydroxylation is 1. The van der Waals surface area contributed by atoms with Crippen molar-refractivity contribution in [3.8, 4) is 0 Å². The van der Waals surface area contributed by atoms with Crippen LogP contribution in [-0.4, -0.2) is 42.8 Å². The number of hydrogen-bond acceptors (Lipinski definition) is 3. The molecule has 2 aromatic rings. The summed E-state index contributed by atoms with van der Waals surface area (Å²) in [5, 5.41) is 13.8. The van der Waals surface area contributed by atoms with Crippen LogP contribution < -0.4 is 5.32 Å². The van der Waals surface area contributed by atoms with Gasteiger partial charge in [0.1, 0.15) is 0 Å². The molecule has 0 saturated carbocycles. The maximum absolute atomic E-state index is 10.6. The van der Waals surface area contributed by atoms with Crippen molar-refractivity contribution >= 4 is 0 Å². The zero-order valence-corrected chi connectivity index (χ0v) is 14.4. The molecule has 0 aliphatic heterocycles. The van der Waals surface area contributed by atoms with Gasteiger partial charge in [0.25, 0.3) is 0 Å². The van der Waals surface area contributed by atoms with E-state index in [0.29, 0.717) is 6.54 Å². The molecule has 23 heavy (non-hydrogen) atoms. The van der Waals surface area contributed by atoms with Crippen LogP contribution in [-0.2, 0) is 13.0 Å². The molecule has 2 N–H and O–H groups in total. The summed E-state index contributed by atoms with van der Waals surface area (Å²) in [7, 11) is 3.97. The highest BCUT2D eigenvalue weighted by molar-refractivity contribution is 5.22. The van der Waals surface area contributed by atoms with Gasteiger partial charge in [0.15, 0.2) is 0 Å². The second kappa shape index (κ2) is 8.82. The predicted octanol–water partition coefficient (Wildman–Crippen LogP) is 2.62. The fourth-order valence-corrected chi connectivity index (χ4v) is 2.93. The van der Waals surface area contributed by atoms with E-state index in [2.05, 4.69) is 60.6 Å². The second-order valence-corrected chi connectivity index (χ2v) is 6.34. The number of aliphatic hydroxyl groups is 1. The smallest absolute Gasteiger partial charge is 0.0822 e. The molecule has 0 radical (unpaired) electrons. The Balaban J connectivity index is 1.89. The molecule has 2 atom stereocenters. The average molecular weight is 312 g/mol. The number of nitrogens with one attached hydrogen (secondary N) is 1. The van der Waals surface area contributed by atoms with Crippen molar-refractivity contribution in [1.82, 2.24) is 10.2 Å². The van der Waals surface area contributed by atoms with Crippen LogP contribution in [0.1, 0.15) is 16.7 Å². The summed E-state index contributed by atoms with van der Waals surface area (Å²) in [6, 6.07) is 18.9. The number of rotatable bonds is 8. The van der Waals surface area contributed by atoms with Crippen LogP contribution in [0.25, 0.3) is 0 Å². The normalized spacial score (nSPS) is 14.0. The molecule has 0 aliphatic carbocycles.